The van der Waals surface area contributed by atoms with Crippen molar-refractivity contribution in [2.45, 2.75) is 4.90 Å². The van der Waals surface area contributed by atoms with Gasteiger partial charge in [-0.3, -0.25) is 4.55 Å². The molecule has 13 heavy (non-hydrogen) atoms. The molecule has 0 unspecified atom stereocenters. The van der Waals surface area contributed by atoms with Gasteiger partial charge in [-0.05, 0) is 28.1 Å². The van der Waals surface area contributed by atoms with Gasteiger partial charge in [-0.2, -0.15) is 8.42 Å². The average Bonchev–Trinajstić information content (AvgIpc) is 1.95. The second-order valence-corrected chi connectivity index (χ2v) is 4.36. The zero-order chi connectivity index (χ0) is 10.2. The Morgan fingerprint density at radius 2 is 1.85 bits per heavy atom. The SMILES string of the molecule is O=S(=O)(O)c1c(Br)ccc(F)c1F. The summed E-state index contributed by atoms with van der Waals surface area (Å²) < 4.78 is 54.7. The van der Waals surface area contributed by atoms with Gasteiger partial charge < -0.3 is 0 Å². The summed E-state index contributed by atoms with van der Waals surface area (Å²) in [7, 11) is -4.75. The highest BCUT2D eigenvalue weighted by Crippen LogP contribution is 2.26. The highest BCUT2D eigenvalue weighted by Gasteiger charge is 2.22. The fraction of sp³-hybridized carbons (Fsp3) is 0. The fourth-order valence-corrected chi connectivity index (χ4v) is 2.30. The van der Waals surface area contributed by atoms with Crippen molar-refractivity contribution in [3.05, 3.63) is 28.2 Å². The van der Waals surface area contributed by atoms with E-state index in [1.54, 1.807) is 0 Å². The molecule has 3 nitrogen and oxygen atoms in total. The van der Waals surface area contributed by atoms with Crippen LogP contribution < -0.4 is 0 Å². The van der Waals surface area contributed by atoms with Gasteiger partial charge in [0.05, 0.1) is 0 Å². The molecule has 0 aliphatic heterocycles. The first-order valence-corrected chi connectivity index (χ1v) is 5.18. The van der Waals surface area contributed by atoms with Crippen LogP contribution in [0.2, 0.25) is 0 Å². The summed E-state index contributed by atoms with van der Waals surface area (Å²) in [4.78, 5) is -1.09. The molecule has 0 fully saturated rings. The number of hydrogen-bond donors (Lipinski definition) is 1. The van der Waals surface area contributed by atoms with Gasteiger partial charge in [0.1, 0.15) is 4.90 Å². The smallest absolute Gasteiger partial charge is 0.282 e. The molecule has 0 spiro atoms. The zero-order valence-electron chi connectivity index (χ0n) is 5.96. The lowest BCUT2D eigenvalue weighted by Crippen LogP contribution is -2.04. The summed E-state index contributed by atoms with van der Waals surface area (Å²) in [6.07, 6.45) is 0. The number of rotatable bonds is 1. The molecule has 0 saturated carbocycles. The highest BCUT2D eigenvalue weighted by molar-refractivity contribution is 9.10. The summed E-state index contributed by atoms with van der Waals surface area (Å²) in [6, 6.07) is 1.73. The Morgan fingerprint density at radius 3 is 2.23 bits per heavy atom. The molecule has 1 rings (SSSR count). The molecule has 0 atom stereocenters. The Morgan fingerprint density at radius 1 is 1.31 bits per heavy atom. The quantitative estimate of drug-likeness (QED) is 0.628. The van der Waals surface area contributed by atoms with E-state index in [1.807, 2.05) is 0 Å². The van der Waals surface area contributed by atoms with Crippen LogP contribution in [0.3, 0.4) is 0 Å². The minimum absolute atomic E-state index is 0.228. The normalized spacial score (nSPS) is 11.7. The van der Waals surface area contributed by atoms with Crippen LogP contribution in [0.5, 0.6) is 0 Å². The van der Waals surface area contributed by atoms with Crippen molar-refractivity contribution in [1.82, 2.24) is 0 Å². The average molecular weight is 273 g/mol. The van der Waals surface area contributed by atoms with Crippen LogP contribution >= 0.6 is 15.9 Å². The molecule has 0 aliphatic carbocycles. The van der Waals surface area contributed by atoms with Crippen LogP contribution in [0, 0.1) is 11.6 Å². The molecule has 0 bridgehead atoms. The van der Waals surface area contributed by atoms with Crippen molar-refractivity contribution in [2.75, 3.05) is 0 Å². The highest BCUT2D eigenvalue weighted by atomic mass is 79.9. The Balaban J connectivity index is 3.62. The molecule has 0 heterocycles. The molecule has 72 valence electrons. The van der Waals surface area contributed by atoms with E-state index in [0.717, 1.165) is 12.1 Å². The predicted molar refractivity (Wildman–Crippen MR) is 43.9 cm³/mol. The summed E-state index contributed by atoms with van der Waals surface area (Å²) in [5.41, 5.74) is 0. The van der Waals surface area contributed by atoms with E-state index in [0.29, 0.717) is 0 Å². The number of halogens is 3. The second-order valence-electron chi connectivity index (χ2n) is 2.15. The molecule has 1 aromatic rings. The lowest BCUT2D eigenvalue weighted by Gasteiger charge is -2.02. The summed E-state index contributed by atoms with van der Waals surface area (Å²) in [5, 5.41) is 0. The van der Waals surface area contributed by atoms with Crippen molar-refractivity contribution < 1.29 is 21.8 Å². The first kappa shape index (κ1) is 10.6. The Bertz CT molecular complexity index is 443. The van der Waals surface area contributed by atoms with Crippen LogP contribution in [-0.2, 0) is 10.1 Å². The van der Waals surface area contributed by atoms with E-state index >= 15 is 0 Å². The maximum absolute atomic E-state index is 12.8. The molecule has 0 amide bonds. The van der Waals surface area contributed by atoms with Gasteiger partial charge in [-0.1, -0.05) is 0 Å². The van der Waals surface area contributed by atoms with E-state index in [-0.39, 0.29) is 4.47 Å². The minimum Gasteiger partial charge on any atom is -0.282 e. The van der Waals surface area contributed by atoms with E-state index in [1.165, 1.54) is 0 Å². The van der Waals surface area contributed by atoms with Gasteiger partial charge in [-0.25, -0.2) is 8.78 Å². The fourth-order valence-electron chi connectivity index (χ4n) is 0.745. The minimum atomic E-state index is -4.75. The van der Waals surface area contributed by atoms with Gasteiger partial charge in [0, 0.05) is 4.47 Å². The van der Waals surface area contributed by atoms with E-state index in [9.17, 15) is 17.2 Å². The lowest BCUT2D eigenvalue weighted by atomic mass is 10.3. The third-order valence-corrected chi connectivity index (χ3v) is 3.10. The Hall–Kier alpha value is -0.530. The second kappa shape index (κ2) is 3.32. The van der Waals surface area contributed by atoms with Gasteiger partial charge in [0.2, 0.25) is 0 Å². The Labute approximate surface area is 81.3 Å². The van der Waals surface area contributed by atoms with Crippen LogP contribution in [0.25, 0.3) is 0 Å². The molecule has 1 N–H and O–H groups in total. The van der Waals surface area contributed by atoms with E-state index in [4.69, 9.17) is 4.55 Å². The predicted octanol–water partition coefficient (Wildman–Crippen LogP) is 1.97. The first-order valence-electron chi connectivity index (χ1n) is 2.95. The molecule has 0 saturated heterocycles. The van der Waals surface area contributed by atoms with E-state index in [2.05, 4.69) is 15.9 Å². The van der Waals surface area contributed by atoms with Crippen LogP contribution in [0.4, 0.5) is 8.78 Å². The van der Waals surface area contributed by atoms with E-state index < -0.39 is 26.6 Å². The van der Waals surface area contributed by atoms with Gasteiger partial charge in [0.15, 0.2) is 11.6 Å². The third-order valence-electron chi connectivity index (χ3n) is 1.26. The molecule has 1 aromatic carbocycles. The van der Waals surface area contributed by atoms with Crippen molar-refractivity contribution in [3.8, 4) is 0 Å². The molecule has 0 aliphatic rings. The molecular formula is C6H3BrF2O3S. The standard InChI is InChI=1S/C6H3BrF2O3S/c7-3-1-2-4(8)5(9)6(3)13(10,11)12/h1-2H,(H,10,11,12). The largest absolute Gasteiger partial charge is 0.298 e. The molecule has 0 radical (unpaired) electrons. The van der Waals surface area contributed by atoms with Crippen LogP contribution in [0.1, 0.15) is 0 Å². The van der Waals surface area contributed by atoms with Crippen LogP contribution in [0.15, 0.2) is 21.5 Å². The van der Waals surface area contributed by atoms with Crippen molar-refractivity contribution in [3.63, 3.8) is 0 Å². The maximum atomic E-state index is 12.8. The first-order chi connectivity index (χ1) is 5.84. The van der Waals surface area contributed by atoms with Crippen LogP contribution in [-0.4, -0.2) is 13.0 Å². The molecule has 7 heteroatoms. The summed E-state index contributed by atoms with van der Waals surface area (Å²) in [6.45, 7) is 0. The zero-order valence-corrected chi connectivity index (χ0v) is 8.36. The van der Waals surface area contributed by atoms with Crippen molar-refractivity contribution >= 4 is 26.0 Å². The molecule has 0 aromatic heterocycles. The lowest BCUT2D eigenvalue weighted by molar-refractivity contribution is 0.452. The van der Waals surface area contributed by atoms with Crippen molar-refractivity contribution in [2.24, 2.45) is 0 Å². The van der Waals surface area contributed by atoms with Gasteiger partial charge in [0.25, 0.3) is 10.1 Å². The van der Waals surface area contributed by atoms with Gasteiger partial charge >= 0.3 is 0 Å². The Kier molecular flexibility index (Phi) is 2.69. The topological polar surface area (TPSA) is 54.4 Å². The monoisotopic (exact) mass is 272 g/mol. The van der Waals surface area contributed by atoms with Gasteiger partial charge in [-0.15, -0.1) is 0 Å². The number of benzene rings is 1. The summed E-state index contributed by atoms with van der Waals surface area (Å²) >= 11 is 2.67. The number of hydrogen-bond acceptors (Lipinski definition) is 2. The summed E-state index contributed by atoms with van der Waals surface area (Å²) in [5.74, 6) is -2.94. The van der Waals surface area contributed by atoms with Crippen molar-refractivity contribution in [1.29, 1.82) is 0 Å². The molecular weight excluding hydrogens is 270 g/mol. The third kappa shape index (κ3) is 2.04. The maximum Gasteiger partial charge on any atom is 0.298 e.